The minimum absolute atomic E-state index is 0.0525. The first-order chi connectivity index (χ1) is 8.43. The van der Waals surface area contributed by atoms with E-state index >= 15 is 0 Å². The third kappa shape index (κ3) is 4.74. The summed E-state index contributed by atoms with van der Waals surface area (Å²) in [6, 6.07) is 0. The second-order valence-corrected chi connectivity index (χ2v) is 6.67. The van der Waals surface area contributed by atoms with Crippen molar-refractivity contribution in [1.82, 2.24) is 9.44 Å². The van der Waals surface area contributed by atoms with Crippen molar-refractivity contribution in [3.63, 3.8) is 0 Å². The Morgan fingerprint density at radius 3 is 2.44 bits per heavy atom. The van der Waals surface area contributed by atoms with Crippen LogP contribution >= 0.6 is 15.9 Å². The minimum Gasteiger partial charge on any atom is -0.452 e. The molecule has 1 saturated carbocycles. The van der Waals surface area contributed by atoms with E-state index in [0.29, 0.717) is 6.54 Å². The van der Waals surface area contributed by atoms with Crippen LogP contribution in [0.4, 0.5) is 4.79 Å². The molecule has 0 saturated heterocycles. The Kier molecular flexibility index (Phi) is 5.87. The molecule has 0 bridgehead atoms. The maximum Gasteiger partial charge on any atom is 0.421 e. The summed E-state index contributed by atoms with van der Waals surface area (Å²) in [5, 5.41) is 0.751. The van der Waals surface area contributed by atoms with Crippen LogP contribution in [0.3, 0.4) is 0 Å². The van der Waals surface area contributed by atoms with Crippen molar-refractivity contribution in [3.8, 4) is 0 Å². The van der Waals surface area contributed by atoms with Gasteiger partial charge in [0.1, 0.15) is 0 Å². The number of ether oxygens (including phenoxy) is 1. The number of hydrogen-bond acceptors (Lipinski definition) is 4. The van der Waals surface area contributed by atoms with Crippen LogP contribution in [-0.2, 0) is 14.9 Å². The Morgan fingerprint density at radius 2 is 1.94 bits per heavy atom. The fourth-order valence-electron chi connectivity index (χ4n) is 2.09. The lowest BCUT2D eigenvalue weighted by Crippen LogP contribution is -2.46. The van der Waals surface area contributed by atoms with E-state index in [0.717, 1.165) is 38.1 Å². The zero-order valence-corrected chi connectivity index (χ0v) is 12.8. The molecule has 0 aromatic rings. The SMILES string of the molecule is COC(=O)NS(=O)(=O)NCC1(CBr)CCCCC1. The molecule has 0 atom stereocenters. The fourth-order valence-corrected chi connectivity index (χ4v) is 3.73. The lowest BCUT2D eigenvalue weighted by atomic mass is 9.76. The number of methoxy groups -OCH3 is 1. The molecule has 1 rings (SSSR count). The second-order valence-electron chi connectivity index (χ2n) is 4.61. The molecule has 18 heavy (non-hydrogen) atoms. The molecule has 8 heteroatoms. The molecule has 0 aliphatic heterocycles. The van der Waals surface area contributed by atoms with Gasteiger partial charge in [0.2, 0.25) is 0 Å². The molecule has 0 heterocycles. The summed E-state index contributed by atoms with van der Waals surface area (Å²) in [6.45, 7) is 0.324. The maximum absolute atomic E-state index is 11.6. The van der Waals surface area contributed by atoms with Crippen LogP contribution in [0.2, 0.25) is 0 Å². The van der Waals surface area contributed by atoms with Crippen LogP contribution in [0.5, 0.6) is 0 Å². The molecule has 0 aromatic carbocycles. The maximum atomic E-state index is 11.6. The van der Waals surface area contributed by atoms with E-state index in [-0.39, 0.29) is 5.41 Å². The van der Waals surface area contributed by atoms with Gasteiger partial charge in [0.15, 0.2) is 0 Å². The third-order valence-corrected chi connectivity index (χ3v) is 5.39. The van der Waals surface area contributed by atoms with Crippen molar-refractivity contribution < 1.29 is 17.9 Å². The summed E-state index contributed by atoms with van der Waals surface area (Å²) in [6.07, 6.45) is 4.40. The number of rotatable bonds is 5. The minimum atomic E-state index is -3.84. The van der Waals surface area contributed by atoms with E-state index in [2.05, 4.69) is 25.4 Å². The Bertz CT molecular complexity index is 379. The predicted molar refractivity (Wildman–Crippen MR) is 71.8 cm³/mol. The normalized spacial score (nSPS) is 19.2. The van der Waals surface area contributed by atoms with Crippen LogP contribution in [-0.4, -0.2) is 33.5 Å². The number of carbonyl (C=O) groups excluding carboxylic acids is 1. The standard InChI is InChI=1S/C10H19BrN2O4S/c1-17-9(14)13-18(15,16)12-8-10(7-11)5-3-2-4-6-10/h12H,2-8H2,1H3,(H,13,14). The van der Waals surface area contributed by atoms with Gasteiger partial charge in [-0.1, -0.05) is 35.2 Å². The van der Waals surface area contributed by atoms with Crippen molar-refractivity contribution in [2.24, 2.45) is 5.41 Å². The van der Waals surface area contributed by atoms with E-state index in [9.17, 15) is 13.2 Å². The largest absolute Gasteiger partial charge is 0.452 e. The highest BCUT2D eigenvalue weighted by molar-refractivity contribution is 9.09. The van der Waals surface area contributed by atoms with E-state index in [4.69, 9.17) is 0 Å². The number of halogens is 1. The van der Waals surface area contributed by atoms with Gasteiger partial charge in [0, 0.05) is 11.9 Å². The van der Waals surface area contributed by atoms with Crippen molar-refractivity contribution >= 4 is 32.2 Å². The van der Waals surface area contributed by atoms with Gasteiger partial charge in [-0.2, -0.15) is 13.1 Å². The molecular formula is C10H19BrN2O4S. The summed E-state index contributed by atoms with van der Waals surface area (Å²) >= 11 is 3.45. The monoisotopic (exact) mass is 342 g/mol. The van der Waals surface area contributed by atoms with Gasteiger partial charge >= 0.3 is 16.3 Å². The van der Waals surface area contributed by atoms with E-state index < -0.39 is 16.3 Å². The van der Waals surface area contributed by atoms with E-state index in [1.165, 1.54) is 6.42 Å². The van der Waals surface area contributed by atoms with Gasteiger partial charge in [0.25, 0.3) is 0 Å². The molecule has 2 N–H and O–H groups in total. The van der Waals surface area contributed by atoms with Crippen molar-refractivity contribution in [3.05, 3.63) is 0 Å². The Balaban J connectivity index is 2.54. The Morgan fingerprint density at radius 1 is 1.33 bits per heavy atom. The quantitative estimate of drug-likeness (QED) is 0.742. The van der Waals surface area contributed by atoms with E-state index in [1.807, 2.05) is 0 Å². The van der Waals surface area contributed by atoms with Gasteiger partial charge in [-0.25, -0.2) is 9.52 Å². The second kappa shape index (κ2) is 6.72. The summed E-state index contributed by atoms with van der Waals surface area (Å²) < 4.78 is 31.6. The number of amides is 1. The van der Waals surface area contributed by atoms with E-state index in [1.54, 1.807) is 4.72 Å². The van der Waals surface area contributed by atoms with Gasteiger partial charge in [-0.3, -0.25) is 0 Å². The fraction of sp³-hybridized carbons (Fsp3) is 0.900. The predicted octanol–water partition coefficient (Wildman–Crippen LogP) is 1.52. The molecule has 1 aliphatic rings. The summed E-state index contributed by atoms with van der Waals surface area (Å²) in [5.74, 6) is 0. The smallest absolute Gasteiger partial charge is 0.421 e. The van der Waals surface area contributed by atoms with Crippen LogP contribution in [0.15, 0.2) is 0 Å². The number of alkyl halides is 1. The molecule has 0 radical (unpaired) electrons. The first-order valence-electron chi connectivity index (χ1n) is 5.84. The zero-order chi connectivity index (χ0) is 13.6. The molecule has 1 fully saturated rings. The summed E-state index contributed by atoms with van der Waals surface area (Å²) in [4.78, 5) is 10.9. The highest BCUT2D eigenvalue weighted by atomic mass is 79.9. The molecule has 1 amide bonds. The summed E-state index contributed by atoms with van der Waals surface area (Å²) in [5.41, 5.74) is -0.0525. The molecule has 0 aromatic heterocycles. The van der Waals surface area contributed by atoms with Gasteiger partial charge in [-0.15, -0.1) is 0 Å². The number of hydrogen-bond donors (Lipinski definition) is 2. The highest BCUT2D eigenvalue weighted by Gasteiger charge is 2.32. The van der Waals surface area contributed by atoms with Crippen molar-refractivity contribution in [2.75, 3.05) is 19.0 Å². The first-order valence-corrected chi connectivity index (χ1v) is 8.45. The highest BCUT2D eigenvalue weighted by Crippen LogP contribution is 2.37. The van der Waals surface area contributed by atoms with Crippen LogP contribution in [0.25, 0.3) is 0 Å². The molecule has 1 aliphatic carbocycles. The molecule has 6 nitrogen and oxygen atoms in total. The molecule has 0 spiro atoms. The van der Waals surface area contributed by atoms with Crippen LogP contribution < -0.4 is 9.44 Å². The zero-order valence-electron chi connectivity index (χ0n) is 10.4. The lowest BCUT2D eigenvalue weighted by Gasteiger charge is -2.35. The average Bonchev–Trinajstić information content (AvgIpc) is 2.37. The number of nitrogens with one attached hydrogen (secondary N) is 2. The van der Waals surface area contributed by atoms with Gasteiger partial charge in [0.05, 0.1) is 7.11 Å². The van der Waals surface area contributed by atoms with Gasteiger partial charge < -0.3 is 4.74 Å². The summed E-state index contributed by atoms with van der Waals surface area (Å²) in [7, 11) is -2.72. The third-order valence-electron chi connectivity index (χ3n) is 3.24. The van der Waals surface area contributed by atoms with Gasteiger partial charge in [-0.05, 0) is 18.3 Å². The topological polar surface area (TPSA) is 84.5 Å². The Labute approximate surface area is 116 Å². The van der Waals surface area contributed by atoms with Crippen molar-refractivity contribution in [2.45, 2.75) is 32.1 Å². The van der Waals surface area contributed by atoms with Crippen LogP contribution in [0, 0.1) is 5.41 Å². The van der Waals surface area contributed by atoms with Crippen molar-refractivity contribution in [1.29, 1.82) is 0 Å². The molecular weight excluding hydrogens is 324 g/mol. The first kappa shape index (κ1) is 15.7. The molecule has 0 unspecified atom stereocenters. The molecule has 106 valence electrons. The Hall–Kier alpha value is -0.340. The lowest BCUT2D eigenvalue weighted by molar-refractivity contribution is 0.177. The average molecular weight is 343 g/mol. The number of carbonyl (C=O) groups is 1. The van der Waals surface area contributed by atoms with Crippen LogP contribution in [0.1, 0.15) is 32.1 Å².